The maximum atomic E-state index is 12.9. The van der Waals surface area contributed by atoms with Crippen molar-refractivity contribution >= 4 is 38.9 Å². The monoisotopic (exact) mass is 376 g/mol. The van der Waals surface area contributed by atoms with Crippen LogP contribution < -0.4 is 10.1 Å². The van der Waals surface area contributed by atoms with Gasteiger partial charge in [0, 0.05) is 5.54 Å². The second-order valence-electron chi connectivity index (χ2n) is 7.49. The van der Waals surface area contributed by atoms with Crippen molar-refractivity contribution in [3.8, 4) is 5.75 Å². The van der Waals surface area contributed by atoms with Crippen molar-refractivity contribution in [3.63, 3.8) is 0 Å². The Hall–Kier alpha value is -1.30. The SMILES string of the molecule is COc1ccc2cc(C(=O)N[C@H]3C4CCN(CC4)C34CC4)sc2c1Cl. The first-order chi connectivity index (χ1) is 12.1. The van der Waals surface area contributed by atoms with E-state index in [1.807, 2.05) is 18.2 Å². The Kier molecular flexibility index (Phi) is 3.56. The lowest BCUT2D eigenvalue weighted by molar-refractivity contribution is -0.00138. The first-order valence-corrected chi connectivity index (χ1v) is 10.1. The molecular weight excluding hydrogens is 356 g/mol. The van der Waals surface area contributed by atoms with Gasteiger partial charge in [-0.1, -0.05) is 11.6 Å². The van der Waals surface area contributed by atoms with E-state index in [-0.39, 0.29) is 11.4 Å². The zero-order chi connectivity index (χ0) is 17.2. The van der Waals surface area contributed by atoms with Gasteiger partial charge in [0.15, 0.2) is 0 Å². The van der Waals surface area contributed by atoms with Crippen LogP contribution in [0.3, 0.4) is 0 Å². The van der Waals surface area contributed by atoms with Gasteiger partial charge in [-0.2, -0.15) is 0 Å². The predicted molar refractivity (Wildman–Crippen MR) is 101 cm³/mol. The lowest BCUT2D eigenvalue weighted by Gasteiger charge is -2.52. The van der Waals surface area contributed by atoms with Crippen LogP contribution in [0, 0.1) is 5.92 Å². The maximum Gasteiger partial charge on any atom is 0.261 e. The van der Waals surface area contributed by atoms with E-state index < -0.39 is 0 Å². The largest absolute Gasteiger partial charge is 0.495 e. The van der Waals surface area contributed by atoms with Crippen LogP contribution >= 0.6 is 22.9 Å². The van der Waals surface area contributed by atoms with Gasteiger partial charge in [0.1, 0.15) is 10.8 Å². The summed E-state index contributed by atoms with van der Waals surface area (Å²) in [6.07, 6.45) is 4.87. The average Bonchev–Trinajstić information content (AvgIpc) is 3.28. The van der Waals surface area contributed by atoms with E-state index in [0.29, 0.717) is 22.7 Å². The van der Waals surface area contributed by atoms with Crippen molar-refractivity contribution < 1.29 is 9.53 Å². The van der Waals surface area contributed by atoms with Crippen molar-refractivity contribution in [2.75, 3.05) is 20.2 Å². The van der Waals surface area contributed by atoms with Gasteiger partial charge in [-0.25, -0.2) is 0 Å². The number of thiophene rings is 1. The number of hydrogen-bond acceptors (Lipinski definition) is 4. The molecule has 4 nitrogen and oxygen atoms in total. The Bertz CT molecular complexity index is 852. The molecule has 6 rings (SSSR count). The van der Waals surface area contributed by atoms with Crippen LogP contribution in [-0.2, 0) is 0 Å². The lowest BCUT2D eigenvalue weighted by Crippen LogP contribution is -2.65. The third-order valence-electron chi connectivity index (χ3n) is 6.30. The van der Waals surface area contributed by atoms with Crippen LogP contribution in [-0.4, -0.2) is 42.6 Å². The number of methoxy groups -OCH3 is 1. The van der Waals surface area contributed by atoms with Crippen molar-refractivity contribution in [1.29, 1.82) is 0 Å². The van der Waals surface area contributed by atoms with Crippen molar-refractivity contribution in [3.05, 3.63) is 28.1 Å². The average molecular weight is 377 g/mol. The summed E-state index contributed by atoms with van der Waals surface area (Å²) in [5.41, 5.74) is 0.258. The van der Waals surface area contributed by atoms with Crippen molar-refractivity contribution in [2.24, 2.45) is 5.92 Å². The standard InChI is InChI=1S/C19H21ClN2O2S/c1-24-13-3-2-12-10-14(25-16(12)15(13)20)18(23)21-17-11-4-8-22(9-5-11)19(17)6-7-19/h2-3,10-11,17H,4-9H2,1H3,(H,21,23)/t17-/m0/s1. The van der Waals surface area contributed by atoms with Crippen molar-refractivity contribution in [1.82, 2.24) is 10.2 Å². The highest BCUT2D eigenvalue weighted by molar-refractivity contribution is 7.21. The molecule has 1 spiro atoms. The zero-order valence-electron chi connectivity index (χ0n) is 14.2. The van der Waals surface area contributed by atoms with Crippen LogP contribution in [0.15, 0.2) is 18.2 Å². The highest BCUT2D eigenvalue weighted by Gasteiger charge is 2.60. The summed E-state index contributed by atoms with van der Waals surface area (Å²) in [5, 5.41) is 4.97. The zero-order valence-corrected chi connectivity index (χ0v) is 15.8. The van der Waals surface area contributed by atoms with Crippen LogP contribution in [0.2, 0.25) is 5.02 Å². The Morgan fingerprint density at radius 1 is 1.36 bits per heavy atom. The van der Waals surface area contributed by atoms with Gasteiger partial charge in [-0.3, -0.25) is 9.69 Å². The number of hydrogen-bond donors (Lipinski definition) is 1. The number of fused-ring (bicyclic) bond motifs is 3. The fourth-order valence-corrected chi connectivity index (χ4v) is 6.21. The molecule has 6 heteroatoms. The number of ether oxygens (including phenoxy) is 1. The molecule has 1 amide bonds. The van der Waals surface area contributed by atoms with Crippen LogP contribution in [0.5, 0.6) is 5.75 Å². The summed E-state index contributed by atoms with van der Waals surface area (Å²) in [5.74, 6) is 1.33. The molecule has 3 aliphatic heterocycles. The fourth-order valence-electron chi connectivity index (χ4n) is 4.85. The molecule has 25 heavy (non-hydrogen) atoms. The van der Waals surface area contributed by atoms with Gasteiger partial charge in [-0.15, -0.1) is 11.3 Å². The molecule has 0 radical (unpaired) electrons. The second-order valence-corrected chi connectivity index (χ2v) is 8.92. The third-order valence-corrected chi connectivity index (χ3v) is 7.96. The number of amides is 1. The number of benzene rings is 1. The number of rotatable bonds is 3. The Labute approximate surface area is 156 Å². The number of nitrogens with one attached hydrogen (secondary N) is 1. The molecular formula is C19H21ClN2O2S. The summed E-state index contributed by atoms with van der Waals surface area (Å²) in [7, 11) is 1.61. The van der Waals surface area contributed by atoms with Gasteiger partial charge in [-0.05, 0) is 68.3 Å². The molecule has 132 valence electrons. The maximum absolute atomic E-state index is 12.9. The Morgan fingerprint density at radius 2 is 2.12 bits per heavy atom. The molecule has 1 N–H and O–H groups in total. The highest BCUT2D eigenvalue weighted by Crippen LogP contribution is 2.53. The van der Waals surface area contributed by atoms with Crippen LogP contribution in [0.25, 0.3) is 10.1 Å². The molecule has 1 saturated carbocycles. The number of piperidine rings is 3. The van der Waals surface area contributed by atoms with Crippen molar-refractivity contribution in [2.45, 2.75) is 37.3 Å². The molecule has 3 saturated heterocycles. The summed E-state index contributed by atoms with van der Waals surface area (Å²) in [6.45, 7) is 2.41. The minimum Gasteiger partial charge on any atom is -0.495 e. The lowest BCUT2D eigenvalue weighted by atomic mass is 9.77. The van der Waals surface area contributed by atoms with E-state index in [1.165, 1.54) is 50.1 Å². The van der Waals surface area contributed by atoms with Gasteiger partial charge >= 0.3 is 0 Å². The normalized spacial score (nSPS) is 29.1. The number of nitrogens with zero attached hydrogens (tertiary/aromatic N) is 1. The van der Waals surface area contributed by atoms with E-state index in [1.54, 1.807) is 7.11 Å². The number of carbonyl (C=O) groups excluding carboxylic acids is 1. The molecule has 1 aromatic heterocycles. The van der Waals surface area contributed by atoms with Gasteiger partial charge in [0.05, 0.1) is 22.7 Å². The smallest absolute Gasteiger partial charge is 0.261 e. The molecule has 2 bridgehead atoms. The molecule has 0 unspecified atom stereocenters. The van der Waals surface area contributed by atoms with Gasteiger partial charge in [0.2, 0.25) is 0 Å². The molecule has 2 aromatic rings. The van der Waals surface area contributed by atoms with E-state index in [0.717, 1.165) is 15.0 Å². The van der Waals surface area contributed by atoms with E-state index in [4.69, 9.17) is 16.3 Å². The summed E-state index contributed by atoms with van der Waals surface area (Å²) < 4.78 is 6.20. The molecule has 1 aliphatic carbocycles. The van der Waals surface area contributed by atoms with Crippen LogP contribution in [0.4, 0.5) is 0 Å². The van der Waals surface area contributed by atoms with Crippen LogP contribution in [0.1, 0.15) is 35.4 Å². The van der Waals surface area contributed by atoms with E-state index in [9.17, 15) is 4.79 Å². The predicted octanol–water partition coefficient (Wildman–Crippen LogP) is 3.92. The Morgan fingerprint density at radius 3 is 2.80 bits per heavy atom. The van der Waals surface area contributed by atoms with Gasteiger partial charge < -0.3 is 10.1 Å². The molecule has 1 aromatic carbocycles. The fraction of sp³-hybridized carbons (Fsp3) is 0.526. The first-order valence-electron chi connectivity index (χ1n) is 8.94. The summed E-state index contributed by atoms with van der Waals surface area (Å²) in [6, 6.07) is 6.06. The molecule has 4 fully saturated rings. The molecule has 4 heterocycles. The number of carbonyl (C=O) groups is 1. The van der Waals surface area contributed by atoms with Gasteiger partial charge in [0.25, 0.3) is 5.91 Å². The minimum atomic E-state index is 0.0428. The highest BCUT2D eigenvalue weighted by atomic mass is 35.5. The molecule has 1 atom stereocenters. The third kappa shape index (κ3) is 2.32. The topological polar surface area (TPSA) is 41.6 Å². The quantitative estimate of drug-likeness (QED) is 0.882. The first kappa shape index (κ1) is 15.9. The van der Waals surface area contributed by atoms with E-state index in [2.05, 4.69) is 10.2 Å². The minimum absolute atomic E-state index is 0.0428. The Balaban J connectivity index is 1.43. The summed E-state index contributed by atoms with van der Waals surface area (Å²) in [4.78, 5) is 16.3. The second kappa shape index (κ2) is 5.60. The summed E-state index contributed by atoms with van der Waals surface area (Å²) >= 11 is 7.86. The van der Waals surface area contributed by atoms with E-state index >= 15 is 0 Å². The number of halogens is 1. The molecule has 4 aliphatic rings.